The number of para-hydroxylation sites is 1. The Morgan fingerprint density at radius 2 is 1.77 bits per heavy atom. The first-order valence-corrected chi connectivity index (χ1v) is 6.37. The summed E-state index contributed by atoms with van der Waals surface area (Å²) in [6.07, 6.45) is -4.49. The Morgan fingerprint density at radius 1 is 1.05 bits per heavy atom. The number of hydrogen-bond donors (Lipinski definition) is 2. The third-order valence-corrected chi connectivity index (χ3v) is 3.17. The molecule has 3 rings (SSSR count). The molecule has 0 radical (unpaired) electrons. The average molecular weight is 305 g/mol. The number of nitrogens with zero attached hydrogens (tertiary/aromatic N) is 1. The molecular weight excluding hydrogens is 295 g/mol. The third kappa shape index (κ3) is 2.52. The first-order chi connectivity index (χ1) is 10.5. The lowest BCUT2D eigenvalue weighted by Gasteiger charge is -2.07. The van der Waals surface area contributed by atoms with Gasteiger partial charge in [0.2, 0.25) is 0 Å². The van der Waals surface area contributed by atoms with Crippen LogP contribution in [0.25, 0.3) is 10.9 Å². The molecule has 0 aliphatic rings. The number of fused-ring (bicyclic) bond motifs is 1. The third-order valence-electron chi connectivity index (χ3n) is 3.17. The molecule has 1 aromatic heterocycles. The maximum atomic E-state index is 12.9. The summed E-state index contributed by atoms with van der Waals surface area (Å²) in [5, 5.41) is 8.83. The SMILES string of the molecule is O=C(Nc1n[nH]c2c(C(F)(F)F)cccc12)c1ccccc1. The van der Waals surface area contributed by atoms with E-state index in [-0.39, 0.29) is 16.7 Å². The van der Waals surface area contributed by atoms with Crippen LogP contribution in [0.4, 0.5) is 19.0 Å². The number of hydrogen-bond acceptors (Lipinski definition) is 2. The predicted molar refractivity (Wildman–Crippen MR) is 75.5 cm³/mol. The van der Waals surface area contributed by atoms with E-state index in [1.807, 2.05) is 0 Å². The Bertz CT molecular complexity index is 825. The van der Waals surface area contributed by atoms with Gasteiger partial charge in [0.05, 0.1) is 11.1 Å². The van der Waals surface area contributed by atoms with E-state index < -0.39 is 17.6 Å². The van der Waals surface area contributed by atoms with Crippen LogP contribution in [0, 0.1) is 0 Å². The van der Waals surface area contributed by atoms with E-state index in [2.05, 4.69) is 15.5 Å². The van der Waals surface area contributed by atoms with Gasteiger partial charge in [0, 0.05) is 10.9 Å². The molecule has 1 amide bonds. The number of carbonyl (C=O) groups excluding carboxylic acids is 1. The highest BCUT2D eigenvalue weighted by molar-refractivity contribution is 6.08. The fourth-order valence-electron chi connectivity index (χ4n) is 2.14. The number of aromatic amines is 1. The minimum Gasteiger partial charge on any atom is -0.305 e. The smallest absolute Gasteiger partial charge is 0.305 e. The molecule has 112 valence electrons. The molecule has 0 aliphatic carbocycles. The fraction of sp³-hybridized carbons (Fsp3) is 0.0667. The lowest BCUT2D eigenvalue weighted by molar-refractivity contribution is -0.136. The summed E-state index contributed by atoms with van der Waals surface area (Å²) in [4.78, 5) is 12.1. The number of benzene rings is 2. The van der Waals surface area contributed by atoms with Crippen molar-refractivity contribution in [1.29, 1.82) is 0 Å². The van der Waals surface area contributed by atoms with Crippen LogP contribution in [0.15, 0.2) is 48.5 Å². The normalized spacial score (nSPS) is 11.6. The van der Waals surface area contributed by atoms with Crippen LogP contribution in [0.3, 0.4) is 0 Å². The van der Waals surface area contributed by atoms with E-state index in [9.17, 15) is 18.0 Å². The summed E-state index contributed by atoms with van der Waals surface area (Å²) in [6.45, 7) is 0. The van der Waals surface area contributed by atoms with E-state index in [0.717, 1.165) is 6.07 Å². The molecule has 0 saturated carbocycles. The van der Waals surface area contributed by atoms with Gasteiger partial charge < -0.3 is 5.32 Å². The molecule has 2 aromatic carbocycles. The summed E-state index contributed by atoms with van der Waals surface area (Å²) in [6, 6.07) is 12.1. The highest BCUT2D eigenvalue weighted by Crippen LogP contribution is 2.35. The van der Waals surface area contributed by atoms with Crippen molar-refractivity contribution in [2.75, 3.05) is 5.32 Å². The molecule has 0 aliphatic heterocycles. The highest BCUT2D eigenvalue weighted by atomic mass is 19.4. The van der Waals surface area contributed by atoms with Gasteiger partial charge >= 0.3 is 6.18 Å². The summed E-state index contributed by atoms with van der Waals surface area (Å²) in [5.74, 6) is -0.374. The van der Waals surface area contributed by atoms with Gasteiger partial charge in [-0.1, -0.05) is 24.3 Å². The van der Waals surface area contributed by atoms with Crippen molar-refractivity contribution in [2.45, 2.75) is 6.18 Å². The number of rotatable bonds is 2. The molecule has 0 atom stereocenters. The zero-order chi connectivity index (χ0) is 15.7. The minimum atomic E-state index is -4.49. The number of anilines is 1. The number of carbonyl (C=O) groups is 1. The van der Waals surface area contributed by atoms with Crippen molar-refractivity contribution < 1.29 is 18.0 Å². The van der Waals surface area contributed by atoms with Crippen LogP contribution >= 0.6 is 0 Å². The van der Waals surface area contributed by atoms with Gasteiger partial charge in [-0.3, -0.25) is 9.89 Å². The molecule has 2 N–H and O–H groups in total. The molecule has 0 fully saturated rings. The number of nitrogens with one attached hydrogen (secondary N) is 2. The van der Waals surface area contributed by atoms with Crippen molar-refractivity contribution >= 4 is 22.6 Å². The van der Waals surface area contributed by atoms with Gasteiger partial charge in [0.1, 0.15) is 0 Å². The molecule has 0 bridgehead atoms. The summed E-state index contributed by atoms with van der Waals surface area (Å²) >= 11 is 0. The lowest BCUT2D eigenvalue weighted by Crippen LogP contribution is -2.12. The van der Waals surface area contributed by atoms with Crippen LogP contribution in [0.5, 0.6) is 0 Å². The second-order valence-corrected chi connectivity index (χ2v) is 4.62. The van der Waals surface area contributed by atoms with Gasteiger partial charge in [-0.25, -0.2) is 0 Å². The highest BCUT2D eigenvalue weighted by Gasteiger charge is 2.33. The van der Waals surface area contributed by atoms with Crippen LogP contribution in [0.2, 0.25) is 0 Å². The predicted octanol–water partition coefficient (Wildman–Crippen LogP) is 3.83. The Morgan fingerprint density at radius 3 is 2.45 bits per heavy atom. The van der Waals surface area contributed by atoms with E-state index in [0.29, 0.717) is 5.56 Å². The number of alkyl halides is 3. The van der Waals surface area contributed by atoms with Crippen LogP contribution in [-0.2, 0) is 6.18 Å². The molecule has 7 heteroatoms. The molecule has 0 unspecified atom stereocenters. The van der Waals surface area contributed by atoms with E-state index in [4.69, 9.17) is 0 Å². The van der Waals surface area contributed by atoms with Crippen molar-refractivity contribution in [3.05, 3.63) is 59.7 Å². The average Bonchev–Trinajstić information content (AvgIpc) is 2.90. The van der Waals surface area contributed by atoms with Crippen molar-refractivity contribution in [2.24, 2.45) is 0 Å². The van der Waals surface area contributed by atoms with Crippen molar-refractivity contribution in [1.82, 2.24) is 10.2 Å². The molecule has 1 heterocycles. The topological polar surface area (TPSA) is 57.8 Å². The van der Waals surface area contributed by atoms with Crippen LogP contribution in [0.1, 0.15) is 15.9 Å². The first kappa shape index (κ1) is 14.1. The Labute approximate surface area is 123 Å². The van der Waals surface area contributed by atoms with Crippen LogP contribution in [-0.4, -0.2) is 16.1 Å². The van der Waals surface area contributed by atoms with Gasteiger partial charge in [-0.2, -0.15) is 18.3 Å². The maximum Gasteiger partial charge on any atom is 0.418 e. The number of H-pyrrole nitrogens is 1. The van der Waals surface area contributed by atoms with Crippen LogP contribution < -0.4 is 5.32 Å². The summed E-state index contributed by atoms with van der Waals surface area (Å²) < 4.78 is 38.8. The van der Waals surface area contributed by atoms with Crippen molar-refractivity contribution in [3.63, 3.8) is 0 Å². The first-order valence-electron chi connectivity index (χ1n) is 6.37. The summed E-state index contributed by atoms with van der Waals surface area (Å²) in [5.41, 5.74) is -0.582. The van der Waals surface area contributed by atoms with Gasteiger partial charge in [0.25, 0.3) is 5.91 Å². The second kappa shape index (κ2) is 5.18. The molecule has 0 spiro atoms. The Balaban J connectivity index is 1.98. The lowest BCUT2D eigenvalue weighted by atomic mass is 10.1. The molecular formula is C15H10F3N3O. The number of aromatic nitrogens is 2. The second-order valence-electron chi connectivity index (χ2n) is 4.62. The molecule has 4 nitrogen and oxygen atoms in total. The van der Waals surface area contributed by atoms with E-state index in [1.165, 1.54) is 12.1 Å². The number of halogens is 3. The molecule has 22 heavy (non-hydrogen) atoms. The van der Waals surface area contributed by atoms with Gasteiger partial charge in [-0.15, -0.1) is 0 Å². The van der Waals surface area contributed by atoms with E-state index in [1.54, 1.807) is 30.3 Å². The molecule has 0 saturated heterocycles. The van der Waals surface area contributed by atoms with E-state index >= 15 is 0 Å². The maximum absolute atomic E-state index is 12.9. The Kier molecular flexibility index (Phi) is 3.32. The van der Waals surface area contributed by atoms with Gasteiger partial charge in [-0.05, 0) is 24.3 Å². The Hall–Kier alpha value is -2.83. The number of amides is 1. The minimum absolute atomic E-state index is 0.0648. The molecule has 3 aromatic rings. The monoisotopic (exact) mass is 305 g/mol. The largest absolute Gasteiger partial charge is 0.418 e. The standard InChI is InChI=1S/C15H10F3N3O/c16-15(17,18)11-8-4-7-10-12(11)20-21-13(10)19-14(22)9-5-2-1-3-6-9/h1-8H,(H2,19,20,21,22). The summed E-state index contributed by atoms with van der Waals surface area (Å²) in [7, 11) is 0. The van der Waals surface area contributed by atoms with Crippen molar-refractivity contribution in [3.8, 4) is 0 Å². The quantitative estimate of drug-likeness (QED) is 0.756. The zero-order valence-electron chi connectivity index (χ0n) is 11.1. The fourth-order valence-corrected chi connectivity index (χ4v) is 2.14. The van der Waals surface area contributed by atoms with Gasteiger partial charge in [0.15, 0.2) is 5.82 Å². The zero-order valence-corrected chi connectivity index (χ0v) is 11.1.